The molecule has 0 N–H and O–H groups in total. The van der Waals surface area contributed by atoms with Crippen molar-refractivity contribution >= 4 is 17.9 Å². The summed E-state index contributed by atoms with van der Waals surface area (Å²) in [5, 5.41) is 0. The fraction of sp³-hybridized carbons (Fsp3) is 0.702. The Bertz CT molecular complexity index is 1240. The third-order valence-electron chi connectivity index (χ3n) is 10.9. The molecule has 0 aliphatic rings. The van der Waals surface area contributed by atoms with Gasteiger partial charge in [0.2, 0.25) is 0 Å². The highest BCUT2D eigenvalue weighted by atomic mass is 16.6. The highest BCUT2D eigenvalue weighted by Gasteiger charge is 2.19. The summed E-state index contributed by atoms with van der Waals surface area (Å²) in [5.74, 6) is -0.958. The SMILES string of the molecule is CC/C=C\C/C=C\C/C=C\C/C=C\CCCCC(=O)OC(COC(=O)CCCCCCC)COC(=O)CCCCCCCCCCCC/C=C\C/C=C\C/C=C\CCCCCCC. The van der Waals surface area contributed by atoms with Gasteiger partial charge < -0.3 is 14.2 Å². The first-order valence-corrected chi connectivity index (χ1v) is 26.1. The minimum Gasteiger partial charge on any atom is -0.462 e. The van der Waals surface area contributed by atoms with E-state index in [0.717, 1.165) is 103 Å². The van der Waals surface area contributed by atoms with E-state index in [0.29, 0.717) is 19.3 Å². The first-order chi connectivity index (χ1) is 31.0. The predicted octanol–water partition coefficient (Wildman–Crippen LogP) is 17.2. The quantitative estimate of drug-likeness (QED) is 0.0262. The van der Waals surface area contributed by atoms with Crippen molar-refractivity contribution in [2.75, 3.05) is 13.2 Å². The number of hydrogen-bond acceptors (Lipinski definition) is 6. The predicted molar refractivity (Wildman–Crippen MR) is 270 cm³/mol. The van der Waals surface area contributed by atoms with Gasteiger partial charge in [0.15, 0.2) is 6.10 Å². The third kappa shape index (κ3) is 49.5. The lowest BCUT2D eigenvalue weighted by atomic mass is 10.1. The van der Waals surface area contributed by atoms with Gasteiger partial charge in [-0.3, -0.25) is 14.4 Å². The van der Waals surface area contributed by atoms with Crippen LogP contribution in [0, 0.1) is 0 Å². The van der Waals surface area contributed by atoms with Crippen LogP contribution in [0.5, 0.6) is 0 Å². The zero-order valence-electron chi connectivity index (χ0n) is 41.1. The zero-order valence-corrected chi connectivity index (χ0v) is 41.1. The summed E-state index contributed by atoms with van der Waals surface area (Å²) < 4.78 is 16.6. The van der Waals surface area contributed by atoms with Crippen LogP contribution >= 0.6 is 0 Å². The number of rotatable bonds is 46. The van der Waals surface area contributed by atoms with E-state index in [1.54, 1.807) is 0 Å². The molecule has 0 saturated heterocycles. The van der Waals surface area contributed by atoms with Crippen LogP contribution < -0.4 is 0 Å². The lowest BCUT2D eigenvalue weighted by Crippen LogP contribution is -2.30. The van der Waals surface area contributed by atoms with Gasteiger partial charge in [-0.25, -0.2) is 0 Å². The topological polar surface area (TPSA) is 78.9 Å². The lowest BCUT2D eigenvalue weighted by molar-refractivity contribution is -0.167. The molecule has 6 nitrogen and oxygen atoms in total. The zero-order chi connectivity index (χ0) is 45.8. The summed E-state index contributed by atoms with van der Waals surface area (Å²) in [4.78, 5) is 37.6. The van der Waals surface area contributed by atoms with Crippen LogP contribution in [0.4, 0.5) is 0 Å². The molecule has 0 aromatic carbocycles. The normalized spacial score (nSPS) is 12.7. The van der Waals surface area contributed by atoms with Gasteiger partial charge in [0.1, 0.15) is 13.2 Å². The molecule has 0 saturated carbocycles. The van der Waals surface area contributed by atoms with Gasteiger partial charge in [-0.1, -0.05) is 209 Å². The molecule has 0 heterocycles. The molecule has 6 heteroatoms. The Morgan fingerprint density at radius 3 is 1.00 bits per heavy atom. The van der Waals surface area contributed by atoms with Crippen LogP contribution in [0.2, 0.25) is 0 Å². The molecule has 0 rings (SSSR count). The second kappa shape index (κ2) is 51.2. The van der Waals surface area contributed by atoms with E-state index in [2.05, 4.69) is 106 Å². The summed E-state index contributed by atoms with van der Waals surface area (Å²) in [5.41, 5.74) is 0. The van der Waals surface area contributed by atoms with E-state index >= 15 is 0 Å². The summed E-state index contributed by atoms with van der Waals surface area (Å²) in [6.07, 6.45) is 66.2. The summed E-state index contributed by atoms with van der Waals surface area (Å²) in [6.45, 7) is 6.38. The second-order valence-electron chi connectivity index (χ2n) is 17.1. The van der Waals surface area contributed by atoms with Crippen LogP contribution in [-0.4, -0.2) is 37.2 Å². The van der Waals surface area contributed by atoms with Crippen molar-refractivity contribution in [2.45, 2.75) is 245 Å². The highest BCUT2D eigenvalue weighted by molar-refractivity contribution is 5.71. The number of carbonyl (C=O) groups excluding carboxylic acids is 3. The molecule has 1 atom stereocenters. The number of carbonyl (C=O) groups is 3. The molecular formula is C57H96O6. The van der Waals surface area contributed by atoms with Gasteiger partial charge in [0.05, 0.1) is 0 Å². The molecule has 0 aliphatic carbocycles. The highest BCUT2D eigenvalue weighted by Crippen LogP contribution is 2.14. The molecular weight excluding hydrogens is 781 g/mol. The average Bonchev–Trinajstić information content (AvgIpc) is 3.28. The van der Waals surface area contributed by atoms with Crippen LogP contribution in [0.1, 0.15) is 239 Å². The number of esters is 3. The van der Waals surface area contributed by atoms with Gasteiger partial charge in [0.25, 0.3) is 0 Å². The van der Waals surface area contributed by atoms with E-state index in [-0.39, 0.29) is 37.5 Å². The van der Waals surface area contributed by atoms with E-state index in [1.165, 1.54) is 89.9 Å². The summed E-state index contributed by atoms with van der Waals surface area (Å²) in [6, 6.07) is 0. The van der Waals surface area contributed by atoms with Crippen molar-refractivity contribution < 1.29 is 28.6 Å². The molecule has 0 spiro atoms. The second-order valence-corrected chi connectivity index (χ2v) is 17.1. The molecule has 1 unspecified atom stereocenters. The first kappa shape index (κ1) is 59.6. The molecule has 0 bridgehead atoms. The Kier molecular flexibility index (Phi) is 48.5. The molecule has 0 amide bonds. The Morgan fingerprint density at radius 1 is 0.333 bits per heavy atom. The molecule has 63 heavy (non-hydrogen) atoms. The Labute approximate surface area is 388 Å². The molecule has 0 aromatic rings. The van der Waals surface area contributed by atoms with Gasteiger partial charge >= 0.3 is 17.9 Å². The van der Waals surface area contributed by atoms with Crippen LogP contribution in [0.25, 0.3) is 0 Å². The maximum atomic E-state index is 12.7. The first-order valence-electron chi connectivity index (χ1n) is 26.1. The maximum Gasteiger partial charge on any atom is 0.306 e. The van der Waals surface area contributed by atoms with E-state index < -0.39 is 6.10 Å². The van der Waals surface area contributed by atoms with Crippen molar-refractivity contribution in [3.63, 3.8) is 0 Å². The largest absolute Gasteiger partial charge is 0.462 e. The van der Waals surface area contributed by atoms with Gasteiger partial charge in [-0.15, -0.1) is 0 Å². The van der Waals surface area contributed by atoms with Crippen molar-refractivity contribution in [3.8, 4) is 0 Å². The molecule has 0 fully saturated rings. The van der Waals surface area contributed by atoms with Crippen LogP contribution in [0.3, 0.4) is 0 Å². The lowest BCUT2D eigenvalue weighted by Gasteiger charge is -2.18. The van der Waals surface area contributed by atoms with Gasteiger partial charge in [-0.05, 0) is 96.3 Å². The number of allylic oxidation sites excluding steroid dienone is 14. The monoisotopic (exact) mass is 877 g/mol. The minimum absolute atomic E-state index is 0.0958. The van der Waals surface area contributed by atoms with Gasteiger partial charge in [-0.2, -0.15) is 0 Å². The minimum atomic E-state index is -0.796. The standard InChI is InChI=1S/C57H96O6/c1-4-7-10-13-15-17-19-21-23-24-25-26-27-28-29-30-31-32-34-35-37-39-41-44-47-50-56(59)62-53-54(52-61-55(58)49-46-43-12-9-6-3)63-57(60)51-48-45-42-40-38-36-33-22-20-18-16-14-11-8-5-2/h8,11,16,18-19,21-22,24-25,27-28,33,38,40,54H,4-7,9-10,12-15,17,20,23,26,29-32,34-37,39,41-53H2,1-3H3/b11-8-,18-16-,21-19-,25-24-,28-27-,33-22-,40-38-. The van der Waals surface area contributed by atoms with E-state index in [4.69, 9.17) is 14.2 Å². The Balaban J connectivity index is 4.16. The van der Waals surface area contributed by atoms with Gasteiger partial charge in [0, 0.05) is 19.3 Å². The van der Waals surface area contributed by atoms with E-state index in [1.807, 2.05) is 0 Å². The van der Waals surface area contributed by atoms with Crippen LogP contribution in [0.15, 0.2) is 85.1 Å². The fourth-order valence-electron chi connectivity index (χ4n) is 6.97. The maximum absolute atomic E-state index is 12.7. The average molecular weight is 877 g/mol. The Hall–Kier alpha value is -3.41. The summed E-state index contributed by atoms with van der Waals surface area (Å²) in [7, 11) is 0. The number of unbranched alkanes of at least 4 members (excludes halogenated alkanes) is 21. The molecule has 360 valence electrons. The summed E-state index contributed by atoms with van der Waals surface area (Å²) >= 11 is 0. The molecule has 0 aliphatic heterocycles. The van der Waals surface area contributed by atoms with Crippen LogP contribution in [-0.2, 0) is 28.6 Å². The van der Waals surface area contributed by atoms with Crippen molar-refractivity contribution in [3.05, 3.63) is 85.1 Å². The third-order valence-corrected chi connectivity index (χ3v) is 10.9. The smallest absolute Gasteiger partial charge is 0.306 e. The number of ether oxygens (including phenoxy) is 3. The van der Waals surface area contributed by atoms with Crippen molar-refractivity contribution in [2.24, 2.45) is 0 Å². The van der Waals surface area contributed by atoms with E-state index in [9.17, 15) is 14.4 Å². The molecule has 0 aromatic heterocycles. The van der Waals surface area contributed by atoms with Crippen molar-refractivity contribution in [1.29, 1.82) is 0 Å². The Morgan fingerprint density at radius 2 is 0.619 bits per heavy atom. The van der Waals surface area contributed by atoms with Crippen molar-refractivity contribution in [1.82, 2.24) is 0 Å². The molecule has 0 radical (unpaired) electrons. The fourth-order valence-corrected chi connectivity index (χ4v) is 6.97. The number of hydrogen-bond donors (Lipinski definition) is 0.